The van der Waals surface area contributed by atoms with E-state index in [1.54, 1.807) is 13.8 Å². The van der Waals surface area contributed by atoms with E-state index in [9.17, 15) is 45.6 Å². The molecule has 5 aliphatic carbocycles. The van der Waals surface area contributed by atoms with Crippen LogP contribution >= 0.6 is 0 Å². The highest BCUT2D eigenvalue weighted by Crippen LogP contribution is 2.89. The highest BCUT2D eigenvalue weighted by molar-refractivity contribution is 5.66. The van der Waals surface area contributed by atoms with Gasteiger partial charge in [-0.1, -0.05) is 27.7 Å². The van der Waals surface area contributed by atoms with Gasteiger partial charge in [-0.05, 0) is 124 Å². The Balaban J connectivity index is 1.01. The summed E-state index contributed by atoms with van der Waals surface area (Å²) in [6.45, 7) is 16.7. The molecule has 8 rings (SSSR count). The van der Waals surface area contributed by atoms with Gasteiger partial charge in [-0.3, -0.25) is 4.79 Å². The molecule has 0 aromatic carbocycles. The first kappa shape index (κ1) is 44.6. The van der Waals surface area contributed by atoms with Crippen molar-refractivity contribution in [3.8, 4) is 0 Å². The summed E-state index contributed by atoms with van der Waals surface area (Å²) in [7, 11) is 0. The van der Waals surface area contributed by atoms with Crippen molar-refractivity contribution in [1.82, 2.24) is 0 Å². The quantitative estimate of drug-likeness (QED) is 0.128. The van der Waals surface area contributed by atoms with Gasteiger partial charge in [0.15, 0.2) is 18.7 Å². The predicted molar refractivity (Wildman–Crippen MR) is 208 cm³/mol. The maximum atomic E-state index is 12.4. The predicted octanol–water partition coefficient (Wildman–Crippen LogP) is 1.68. The molecule has 8 fully saturated rings. The van der Waals surface area contributed by atoms with Gasteiger partial charge >= 0.3 is 5.97 Å². The normalized spacial score (nSPS) is 56.7. The lowest BCUT2D eigenvalue weighted by atomic mass is 9.41. The summed E-state index contributed by atoms with van der Waals surface area (Å²) in [5.74, 6) is -0.790. The number of hydrogen-bond acceptors (Lipinski definition) is 15. The minimum absolute atomic E-state index is 0.00420. The summed E-state index contributed by atoms with van der Waals surface area (Å²) < 4.78 is 36.7. The maximum Gasteiger partial charge on any atom is 0.303 e. The molecule has 8 aliphatic rings. The average molecular weight is 841 g/mol. The lowest BCUT2D eigenvalue weighted by molar-refractivity contribution is -0.366. The van der Waals surface area contributed by atoms with Crippen LogP contribution in [0.4, 0.5) is 0 Å². The molecule has 2 spiro atoms. The molecule has 8 N–H and O–H groups in total. The Morgan fingerprint density at radius 2 is 1.44 bits per heavy atom. The molecule has 0 bridgehead atoms. The van der Waals surface area contributed by atoms with Crippen molar-refractivity contribution in [2.75, 3.05) is 6.61 Å². The molecular weight excluding hydrogens is 768 g/mol. The first-order valence-electron chi connectivity index (χ1n) is 22.2. The summed E-state index contributed by atoms with van der Waals surface area (Å²) in [5, 5.41) is 88.9. The third kappa shape index (κ3) is 6.40. The monoisotopic (exact) mass is 840 g/mol. The molecule has 15 heteroatoms. The van der Waals surface area contributed by atoms with Gasteiger partial charge in [-0.2, -0.15) is 0 Å². The average Bonchev–Trinajstić information content (AvgIpc) is 3.49. The minimum atomic E-state index is -1.69. The van der Waals surface area contributed by atoms with Crippen LogP contribution in [0.3, 0.4) is 0 Å². The first-order valence-corrected chi connectivity index (χ1v) is 22.2. The van der Waals surface area contributed by atoms with E-state index in [0.29, 0.717) is 19.3 Å². The molecule has 3 saturated heterocycles. The van der Waals surface area contributed by atoms with Crippen molar-refractivity contribution in [1.29, 1.82) is 0 Å². The smallest absolute Gasteiger partial charge is 0.303 e. The molecule has 22 atom stereocenters. The summed E-state index contributed by atoms with van der Waals surface area (Å²) in [6.07, 6.45) is -9.00. The SMILES string of the molecule is CC(=O)O[C@@H]1[C@@H](O)[C@H](O[C@H]2CC[C@]34C[C@]35CC[C@]3(C)[C@@H]([C@@]6(C)CC[C@@H](C(C)(C)O)O6)[C@@H](O)C[C@@]3(C)[C@@H]5C[C@H](O)[C@H]4C2(C)C)O[C@H](CO)[C@H]1O[C@@H]1O[C@@H](C)[C@H](O)[C@@H](O)[C@H]1O. The van der Waals surface area contributed by atoms with Crippen molar-refractivity contribution in [2.24, 2.45) is 44.8 Å². The Hall–Kier alpha value is -1.05. The van der Waals surface area contributed by atoms with Crippen molar-refractivity contribution >= 4 is 5.97 Å². The van der Waals surface area contributed by atoms with E-state index in [4.69, 9.17) is 28.4 Å². The second kappa shape index (κ2) is 14.5. The van der Waals surface area contributed by atoms with Crippen LogP contribution in [-0.2, 0) is 33.2 Å². The lowest BCUT2D eigenvalue weighted by Crippen LogP contribution is -2.66. The fourth-order valence-electron chi connectivity index (χ4n) is 15.5. The Kier molecular flexibility index (Phi) is 10.9. The molecule has 15 nitrogen and oxygen atoms in total. The lowest BCUT2D eigenvalue weighted by Gasteiger charge is -2.65. The van der Waals surface area contributed by atoms with E-state index in [0.717, 1.165) is 38.5 Å². The summed E-state index contributed by atoms with van der Waals surface area (Å²) >= 11 is 0. The van der Waals surface area contributed by atoms with Gasteiger partial charge in [0.05, 0.1) is 48.3 Å². The van der Waals surface area contributed by atoms with Gasteiger partial charge in [0, 0.05) is 12.8 Å². The Morgan fingerprint density at radius 1 is 0.763 bits per heavy atom. The van der Waals surface area contributed by atoms with E-state index in [-0.39, 0.29) is 45.5 Å². The zero-order valence-corrected chi connectivity index (χ0v) is 36.3. The molecule has 5 saturated carbocycles. The van der Waals surface area contributed by atoms with Crippen LogP contribution in [0.2, 0.25) is 0 Å². The minimum Gasteiger partial charge on any atom is -0.457 e. The highest BCUT2D eigenvalue weighted by atomic mass is 16.7. The van der Waals surface area contributed by atoms with Gasteiger partial charge in [0.2, 0.25) is 0 Å². The van der Waals surface area contributed by atoms with E-state index < -0.39 is 109 Å². The number of aliphatic hydroxyl groups is 8. The molecule has 338 valence electrons. The number of esters is 1. The molecule has 59 heavy (non-hydrogen) atoms. The van der Waals surface area contributed by atoms with Gasteiger partial charge in [-0.15, -0.1) is 0 Å². The topological polar surface area (TPSA) is 234 Å². The fourth-order valence-corrected chi connectivity index (χ4v) is 15.5. The zero-order valence-electron chi connectivity index (χ0n) is 36.3. The number of fused-ring (bicyclic) bond motifs is 2. The number of carbonyl (C=O) groups is 1. The Labute approximate surface area is 348 Å². The van der Waals surface area contributed by atoms with Gasteiger partial charge in [0.1, 0.15) is 36.6 Å². The van der Waals surface area contributed by atoms with Crippen molar-refractivity contribution in [3.63, 3.8) is 0 Å². The van der Waals surface area contributed by atoms with Gasteiger partial charge in [0.25, 0.3) is 0 Å². The Morgan fingerprint density at radius 3 is 2.07 bits per heavy atom. The van der Waals surface area contributed by atoms with Crippen LogP contribution in [0.5, 0.6) is 0 Å². The van der Waals surface area contributed by atoms with Gasteiger partial charge in [-0.25, -0.2) is 0 Å². The van der Waals surface area contributed by atoms with Crippen LogP contribution in [-0.4, -0.2) is 150 Å². The molecule has 3 aliphatic heterocycles. The Bertz CT molecular complexity index is 1610. The van der Waals surface area contributed by atoms with Crippen LogP contribution in [0.25, 0.3) is 0 Å². The number of ether oxygens (including phenoxy) is 6. The molecular formula is C44H72O15. The van der Waals surface area contributed by atoms with Crippen LogP contribution in [0.1, 0.15) is 120 Å². The molecule has 3 heterocycles. The third-order valence-corrected chi connectivity index (χ3v) is 18.2. The van der Waals surface area contributed by atoms with Crippen LogP contribution in [0, 0.1) is 44.8 Å². The van der Waals surface area contributed by atoms with Gasteiger partial charge < -0.3 is 69.3 Å². The van der Waals surface area contributed by atoms with E-state index >= 15 is 0 Å². The number of rotatable bonds is 8. The third-order valence-electron chi connectivity index (χ3n) is 18.2. The van der Waals surface area contributed by atoms with Crippen LogP contribution in [0.15, 0.2) is 0 Å². The first-order chi connectivity index (χ1) is 27.3. The summed E-state index contributed by atoms with van der Waals surface area (Å²) in [6, 6.07) is 0. The van der Waals surface area contributed by atoms with Crippen molar-refractivity contribution in [3.05, 3.63) is 0 Å². The standard InChI is InChI=1S/C44H72O15/c1-20-28(49)29(50)30(51)36(54-20)58-32-24(18-45)56-37(31(52)33(32)55-21(2)46)57-26-11-13-44-19-43(44)15-14-40(7)35(42(9)12-10-27(59-42)39(5,6)53)23(48)17-41(40,8)25(43)16-22(47)34(44)38(26,3)4/h20,22-37,45,47-53H,10-19H2,1-9H3/t20-,22-,23-,24+,25-,26-,27-,28-,29+,30+,31+,32+,33+,34-,35-,36-,37-,40+,41-,42+,43-,44+/m0/s1. The van der Waals surface area contributed by atoms with Crippen LogP contribution < -0.4 is 0 Å². The summed E-state index contributed by atoms with van der Waals surface area (Å²) in [4.78, 5) is 12.4. The maximum absolute atomic E-state index is 12.4. The zero-order chi connectivity index (χ0) is 43.2. The molecule has 0 amide bonds. The second-order valence-corrected chi connectivity index (χ2v) is 22.1. The molecule has 0 aromatic rings. The fraction of sp³-hybridized carbons (Fsp3) is 0.977. The number of hydrogen-bond donors (Lipinski definition) is 8. The summed E-state index contributed by atoms with van der Waals surface area (Å²) in [5.41, 5.74) is -2.79. The molecule has 0 radical (unpaired) electrons. The largest absolute Gasteiger partial charge is 0.457 e. The van der Waals surface area contributed by atoms with E-state index in [2.05, 4.69) is 34.6 Å². The number of carbonyl (C=O) groups excluding carboxylic acids is 1. The van der Waals surface area contributed by atoms with Crippen molar-refractivity contribution in [2.45, 2.75) is 217 Å². The van der Waals surface area contributed by atoms with Crippen molar-refractivity contribution < 1.29 is 74.1 Å². The second-order valence-electron chi connectivity index (χ2n) is 22.1. The number of aliphatic hydroxyl groups excluding tert-OH is 7. The van der Waals surface area contributed by atoms with E-state index in [1.807, 2.05) is 0 Å². The highest BCUT2D eigenvalue weighted by Gasteiger charge is 2.85. The molecule has 0 aromatic heterocycles. The molecule has 0 unspecified atom stereocenters. The van der Waals surface area contributed by atoms with E-state index in [1.165, 1.54) is 13.8 Å².